The third kappa shape index (κ3) is 5.35. The molecule has 3 amide bonds. The van der Waals surface area contributed by atoms with Crippen molar-refractivity contribution in [2.24, 2.45) is 7.05 Å². The van der Waals surface area contributed by atoms with Gasteiger partial charge in [-0.1, -0.05) is 17.3 Å². The number of nitrogens with one attached hydrogen (secondary N) is 1. The number of piperidine rings is 2. The van der Waals surface area contributed by atoms with Crippen LogP contribution >= 0.6 is 0 Å². The molecular formula is C26H33N7O4. The van der Waals surface area contributed by atoms with Gasteiger partial charge in [0.25, 0.3) is 0 Å². The molecule has 2 saturated heterocycles. The van der Waals surface area contributed by atoms with Crippen molar-refractivity contribution in [2.75, 3.05) is 13.1 Å². The summed E-state index contributed by atoms with van der Waals surface area (Å²) in [6.07, 6.45) is 4.15. The predicted octanol–water partition coefficient (Wildman–Crippen LogP) is 2.85. The lowest BCUT2D eigenvalue weighted by Gasteiger charge is -2.32. The van der Waals surface area contributed by atoms with E-state index in [1.165, 1.54) is 0 Å². The summed E-state index contributed by atoms with van der Waals surface area (Å²) in [6, 6.07) is 6.05. The summed E-state index contributed by atoms with van der Waals surface area (Å²) in [7, 11) is 1.86. The van der Waals surface area contributed by atoms with E-state index in [2.05, 4.69) is 26.8 Å². The molecule has 4 heterocycles. The predicted molar refractivity (Wildman–Crippen MR) is 135 cm³/mol. The third-order valence-electron chi connectivity index (χ3n) is 6.98. The van der Waals surface area contributed by atoms with Crippen molar-refractivity contribution >= 4 is 28.8 Å². The minimum Gasteiger partial charge on any atom is -0.444 e. The molecule has 2 aliphatic rings. The molecular weight excluding hydrogens is 474 g/mol. The first-order valence-electron chi connectivity index (χ1n) is 12.7. The van der Waals surface area contributed by atoms with E-state index in [4.69, 9.17) is 4.74 Å². The maximum atomic E-state index is 12.4. The summed E-state index contributed by atoms with van der Waals surface area (Å²) in [4.78, 5) is 38.0. The van der Waals surface area contributed by atoms with Crippen LogP contribution in [-0.4, -0.2) is 66.3 Å². The Morgan fingerprint density at radius 2 is 1.92 bits per heavy atom. The van der Waals surface area contributed by atoms with E-state index in [0.717, 1.165) is 35.0 Å². The van der Waals surface area contributed by atoms with Gasteiger partial charge in [-0.15, -0.1) is 5.10 Å². The molecule has 1 atom stereocenters. The van der Waals surface area contributed by atoms with Crippen molar-refractivity contribution in [3.8, 4) is 0 Å². The molecule has 1 unspecified atom stereocenters. The Morgan fingerprint density at radius 1 is 1.16 bits per heavy atom. The van der Waals surface area contributed by atoms with Gasteiger partial charge in [0.15, 0.2) is 0 Å². The van der Waals surface area contributed by atoms with E-state index in [0.29, 0.717) is 38.2 Å². The molecule has 2 fully saturated rings. The minimum atomic E-state index is -0.498. The molecule has 3 aromatic rings. The van der Waals surface area contributed by atoms with Crippen LogP contribution in [0.1, 0.15) is 75.2 Å². The molecule has 2 aromatic heterocycles. The van der Waals surface area contributed by atoms with Gasteiger partial charge in [0.05, 0.1) is 29.4 Å². The van der Waals surface area contributed by atoms with Crippen LogP contribution in [0.5, 0.6) is 0 Å². The highest BCUT2D eigenvalue weighted by Crippen LogP contribution is 2.31. The quantitative estimate of drug-likeness (QED) is 0.539. The Labute approximate surface area is 215 Å². The first-order chi connectivity index (χ1) is 17.6. The topological polar surface area (TPSA) is 124 Å². The first kappa shape index (κ1) is 24.9. The van der Waals surface area contributed by atoms with E-state index in [9.17, 15) is 14.4 Å². The zero-order chi connectivity index (χ0) is 26.3. The number of imide groups is 1. The standard InChI is InChI=1S/C26H33N7O4/c1-26(2,3)37-25(36)32-11-9-17(10-12-32)20-15-33(30-28-20)14-16-5-6-18-21(13-16)31(4)29-23(18)19-7-8-22(34)27-24(19)35/h5-6,13,15,17,19H,7-12,14H2,1-4H3,(H,27,34,35). The number of fused-ring (bicyclic) bond motifs is 1. The summed E-state index contributed by atoms with van der Waals surface area (Å²) < 4.78 is 9.10. The molecule has 11 nitrogen and oxygen atoms in total. The number of ether oxygens (including phenoxy) is 1. The Hall–Kier alpha value is -3.76. The molecule has 1 N–H and O–H groups in total. The van der Waals surface area contributed by atoms with Crippen LogP contribution in [0, 0.1) is 0 Å². The second-order valence-electron chi connectivity index (χ2n) is 10.9. The van der Waals surface area contributed by atoms with E-state index >= 15 is 0 Å². The number of hydrogen-bond donors (Lipinski definition) is 1. The number of aryl methyl sites for hydroxylation is 1. The highest BCUT2D eigenvalue weighted by molar-refractivity contribution is 6.02. The molecule has 11 heteroatoms. The number of amides is 3. The number of aromatic nitrogens is 5. The van der Waals surface area contributed by atoms with Gasteiger partial charge in [-0.2, -0.15) is 5.10 Å². The molecule has 0 saturated carbocycles. The Bertz CT molecular complexity index is 1340. The lowest BCUT2D eigenvalue weighted by atomic mass is 9.92. The van der Waals surface area contributed by atoms with Gasteiger partial charge in [-0.05, 0) is 51.7 Å². The number of benzene rings is 1. The number of carbonyl (C=O) groups is 3. The van der Waals surface area contributed by atoms with Crippen molar-refractivity contribution in [3.63, 3.8) is 0 Å². The fourth-order valence-corrected chi connectivity index (χ4v) is 5.09. The van der Waals surface area contributed by atoms with Crippen LogP contribution in [-0.2, 0) is 27.9 Å². The van der Waals surface area contributed by atoms with E-state index in [-0.39, 0.29) is 23.8 Å². The molecule has 0 spiro atoms. The molecule has 0 radical (unpaired) electrons. The van der Waals surface area contributed by atoms with Gasteiger partial charge in [-0.25, -0.2) is 9.48 Å². The highest BCUT2D eigenvalue weighted by Gasteiger charge is 2.32. The van der Waals surface area contributed by atoms with Crippen LogP contribution in [0.3, 0.4) is 0 Å². The SMILES string of the molecule is Cn1nc(C2CCC(=O)NC2=O)c2ccc(Cn3cc(C4CCN(C(=O)OC(C)(C)C)CC4)nn3)cc21. The fraction of sp³-hybridized carbons (Fsp3) is 0.538. The smallest absolute Gasteiger partial charge is 0.410 e. The average Bonchev–Trinajstić information content (AvgIpc) is 3.43. The van der Waals surface area contributed by atoms with Crippen LogP contribution in [0.2, 0.25) is 0 Å². The lowest BCUT2D eigenvalue weighted by Crippen LogP contribution is -2.41. The van der Waals surface area contributed by atoms with Crippen LogP contribution in [0.15, 0.2) is 24.4 Å². The molecule has 0 bridgehead atoms. The maximum Gasteiger partial charge on any atom is 0.410 e. The number of nitrogens with zero attached hydrogens (tertiary/aromatic N) is 6. The number of hydrogen-bond acceptors (Lipinski definition) is 7. The van der Waals surface area contributed by atoms with E-state index < -0.39 is 11.5 Å². The Balaban J connectivity index is 1.24. The van der Waals surface area contributed by atoms with Crippen molar-refractivity contribution in [2.45, 2.75) is 70.4 Å². The molecule has 37 heavy (non-hydrogen) atoms. The minimum absolute atomic E-state index is 0.232. The van der Waals surface area contributed by atoms with E-state index in [1.54, 1.807) is 9.58 Å². The number of likely N-dealkylation sites (tertiary alicyclic amines) is 1. The van der Waals surface area contributed by atoms with E-state index in [1.807, 2.05) is 50.8 Å². The van der Waals surface area contributed by atoms with Crippen LogP contribution < -0.4 is 5.32 Å². The molecule has 0 aliphatic carbocycles. The Morgan fingerprint density at radius 3 is 2.62 bits per heavy atom. The summed E-state index contributed by atoms with van der Waals surface area (Å²) in [6.45, 7) is 7.45. The second-order valence-corrected chi connectivity index (χ2v) is 10.9. The fourth-order valence-electron chi connectivity index (χ4n) is 5.09. The third-order valence-corrected chi connectivity index (χ3v) is 6.98. The largest absolute Gasteiger partial charge is 0.444 e. The normalized spacial score (nSPS) is 19.4. The van der Waals surface area contributed by atoms with Gasteiger partial charge < -0.3 is 9.64 Å². The lowest BCUT2D eigenvalue weighted by molar-refractivity contribution is -0.134. The zero-order valence-electron chi connectivity index (χ0n) is 21.7. The number of carbonyl (C=O) groups excluding carboxylic acids is 3. The zero-order valence-corrected chi connectivity index (χ0v) is 21.7. The van der Waals surface area contributed by atoms with Crippen molar-refractivity contribution in [3.05, 3.63) is 41.3 Å². The molecule has 2 aliphatic heterocycles. The second kappa shape index (κ2) is 9.60. The van der Waals surface area contributed by atoms with Gasteiger partial charge in [0.1, 0.15) is 5.60 Å². The summed E-state index contributed by atoms with van der Waals surface area (Å²) in [5.41, 5.74) is 3.11. The Kier molecular flexibility index (Phi) is 6.47. The van der Waals surface area contributed by atoms with Gasteiger partial charge in [-0.3, -0.25) is 19.6 Å². The molecule has 5 rings (SSSR count). The van der Waals surface area contributed by atoms with Gasteiger partial charge in [0.2, 0.25) is 11.8 Å². The molecule has 1 aromatic carbocycles. The summed E-state index contributed by atoms with van der Waals surface area (Å²) in [5.74, 6) is -0.688. The van der Waals surface area contributed by atoms with Gasteiger partial charge >= 0.3 is 6.09 Å². The van der Waals surface area contributed by atoms with Crippen LogP contribution in [0.4, 0.5) is 4.79 Å². The average molecular weight is 508 g/mol. The molecule has 196 valence electrons. The summed E-state index contributed by atoms with van der Waals surface area (Å²) in [5, 5.41) is 16.7. The first-order valence-corrected chi connectivity index (χ1v) is 12.7. The van der Waals surface area contributed by atoms with Crippen LogP contribution in [0.25, 0.3) is 10.9 Å². The maximum absolute atomic E-state index is 12.4. The highest BCUT2D eigenvalue weighted by atomic mass is 16.6. The van der Waals surface area contributed by atoms with Crippen molar-refractivity contribution in [1.29, 1.82) is 0 Å². The summed E-state index contributed by atoms with van der Waals surface area (Å²) >= 11 is 0. The van der Waals surface area contributed by atoms with Gasteiger partial charge in [0, 0.05) is 44.1 Å². The van der Waals surface area contributed by atoms with Crippen molar-refractivity contribution < 1.29 is 19.1 Å². The number of rotatable bonds is 4. The van der Waals surface area contributed by atoms with Crippen molar-refractivity contribution in [1.82, 2.24) is 35.0 Å². The monoisotopic (exact) mass is 507 g/mol.